The number of pyridine rings is 1. The average molecular weight is 375 g/mol. The second-order valence-electron chi connectivity index (χ2n) is 5.84. The van der Waals surface area contributed by atoms with Crippen LogP contribution in [0.1, 0.15) is 43.3 Å². The highest BCUT2D eigenvalue weighted by Gasteiger charge is 2.23. The van der Waals surface area contributed by atoms with E-state index in [1.54, 1.807) is 31.2 Å². The Bertz CT molecular complexity index is 1010. The molecule has 2 aromatic heterocycles. The molecule has 0 atom stereocenters. The molecule has 0 unspecified atom stereocenters. The molecule has 2 heterocycles. The number of nitrogens with one attached hydrogen (secondary N) is 1. The Morgan fingerprint density at radius 3 is 2.42 bits per heavy atom. The molecule has 0 fully saturated rings. The van der Waals surface area contributed by atoms with Crippen molar-refractivity contribution >= 4 is 39.1 Å². The van der Waals surface area contributed by atoms with Crippen LogP contribution in [0.3, 0.4) is 0 Å². The van der Waals surface area contributed by atoms with Gasteiger partial charge in [0.05, 0.1) is 5.69 Å². The summed E-state index contributed by atoms with van der Waals surface area (Å²) in [6, 6.07) is 8.13. The van der Waals surface area contributed by atoms with Crippen LogP contribution < -0.4 is 11.1 Å². The van der Waals surface area contributed by atoms with Crippen LogP contribution in [0.5, 0.6) is 0 Å². The fraction of sp³-hybridized carbons (Fsp3) is 0.167. The molecule has 3 aromatic rings. The highest BCUT2D eigenvalue weighted by atomic mass is 32.1. The lowest BCUT2D eigenvalue weighted by atomic mass is 10.1. The van der Waals surface area contributed by atoms with Gasteiger partial charge in [0.25, 0.3) is 18.2 Å². The molecule has 0 aliphatic rings. The van der Waals surface area contributed by atoms with Crippen LogP contribution in [0.4, 0.5) is 14.5 Å². The van der Waals surface area contributed by atoms with Gasteiger partial charge in [-0.05, 0) is 37.6 Å². The number of halogens is 2. The van der Waals surface area contributed by atoms with Crippen molar-refractivity contribution in [2.75, 3.05) is 5.32 Å². The second kappa shape index (κ2) is 6.80. The van der Waals surface area contributed by atoms with E-state index >= 15 is 0 Å². The van der Waals surface area contributed by atoms with Crippen molar-refractivity contribution in [3.05, 3.63) is 57.6 Å². The first-order chi connectivity index (χ1) is 12.3. The molecule has 134 valence electrons. The van der Waals surface area contributed by atoms with Gasteiger partial charge in [0.1, 0.15) is 15.4 Å². The summed E-state index contributed by atoms with van der Waals surface area (Å²) in [6.07, 6.45) is -2.73. The predicted octanol–water partition coefficient (Wildman–Crippen LogP) is 4.20. The van der Waals surface area contributed by atoms with E-state index in [1.165, 1.54) is 6.07 Å². The number of thiophene rings is 1. The van der Waals surface area contributed by atoms with E-state index in [1.807, 2.05) is 6.92 Å². The maximum Gasteiger partial charge on any atom is 0.280 e. The molecule has 0 aliphatic carbocycles. The summed E-state index contributed by atoms with van der Waals surface area (Å²) in [4.78, 5) is 28.5. The number of anilines is 1. The Balaban J connectivity index is 2.11. The van der Waals surface area contributed by atoms with Crippen molar-refractivity contribution in [1.29, 1.82) is 0 Å². The Labute approximate surface area is 151 Å². The van der Waals surface area contributed by atoms with Crippen LogP contribution in [0, 0.1) is 13.8 Å². The normalized spacial score (nSPS) is 11.1. The molecule has 3 rings (SSSR count). The molecule has 26 heavy (non-hydrogen) atoms. The molecule has 8 heteroatoms. The largest absolute Gasteiger partial charge is 0.365 e. The number of alkyl halides is 2. The molecule has 0 bridgehead atoms. The first-order valence-electron chi connectivity index (χ1n) is 7.68. The maximum absolute atomic E-state index is 13.0. The number of carbonyl (C=O) groups is 2. The van der Waals surface area contributed by atoms with Gasteiger partial charge in [0.2, 0.25) is 0 Å². The van der Waals surface area contributed by atoms with E-state index in [4.69, 9.17) is 5.73 Å². The van der Waals surface area contributed by atoms with E-state index in [2.05, 4.69) is 10.3 Å². The van der Waals surface area contributed by atoms with E-state index in [0.717, 1.165) is 16.9 Å². The topological polar surface area (TPSA) is 85.1 Å². The summed E-state index contributed by atoms with van der Waals surface area (Å²) in [5.41, 5.74) is 7.10. The highest BCUT2D eigenvalue weighted by Crippen LogP contribution is 2.38. The van der Waals surface area contributed by atoms with E-state index in [-0.39, 0.29) is 21.1 Å². The minimum Gasteiger partial charge on any atom is -0.365 e. The third-order valence-electron chi connectivity index (χ3n) is 3.88. The SMILES string of the molecule is Cc1ccc(C(=O)Nc2c(C(N)=O)sc3nc(C(F)F)cc(C)c23)cc1. The highest BCUT2D eigenvalue weighted by molar-refractivity contribution is 7.21. The Kier molecular flexibility index (Phi) is 4.69. The van der Waals surface area contributed by atoms with Crippen molar-refractivity contribution in [1.82, 2.24) is 4.98 Å². The van der Waals surface area contributed by atoms with Gasteiger partial charge in [-0.3, -0.25) is 9.59 Å². The number of primary amides is 1. The number of aromatic nitrogens is 1. The summed E-state index contributed by atoms with van der Waals surface area (Å²) in [5, 5.41) is 3.12. The van der Waals surface area contributed by atoms with Crippen molar-refractivity contribution in [3.63, 3.8) is 0 Å². The third-order valence-corrected chi connectivity index (χ3v) is 4.98. The number of aryl methyl sites for hydroxylation is 2. The number of hydrogen-bond acceptors (Lipinski definition) is 4. The molecule has 0 saturated heterocycles. The Hall–Kier alpha value is -2.87. The van der Waals surface area contributed by atoms with E-state index in [9.17, 15) is 18.4 Å². The minimum absolute atomic E-state index is 0.0717. The summed E-state index contributed by atoms with van der Waals surface area (Å²) in [7, 11) is 0. The molecule has 0 aliphatic heterocycles. The van der Waals surface area contributed by atoms with E-state index < -0.39 is 18.2 Å². The van der Waals surface area contributed by atoms with Gasteiger partial charge in [0.15, 0.2) is 0 Å². The summed E-state index contributed by atoms with van der Waals surface area (Å²) in [5.74, 6) is -1.19. The Morgan fingerprint density at radius 1 is 1.19 bits per heavy atom. The van der Waals surface area contributed by atoms with Crippen molar-refractivity contribution in [2.45, 2.75) is 20.3 Å². The van der Waals surface area contributed by atoms with Crippen LogP contribution in [-0.2, 0) is 0 Å². The van der Waals surface area contributed by atoms with Crippen molar-refractivity contribution in [2.24, 2.45) is 5.73 Å². The molecular formula is C18H15F2N3O2S. The molecule has 5 nitrogen and oxygen atoms in total. The van der Waals surface area contributed by atoms with Gasteiger partial charge in [0, 0.05) is 10.9 Å². The van der Waals surface area contributed by atoms with Crippen molar-refractivity contribution in [3.8, 4) is 0 Å². The fourth-order valence-corrected chi connectivity index (χ4v) is 3.67. The van der Waals surface area contributed by atoms with Gasteiger partial charge in [-0.25, -0.2) is 13.8 Å². The Morgan fingerprint density at radius 2 is 1.85 bits per heavy atom. The molecular weight excluding hydrogens is 360 g/mol. The summed E-state index contributed by atoms with van der Waals surface area (Å²) < 4.78 is 26.0. The maximum atomic E-state index is 13.0. The lowest BCUT2D eigenvalue weighted by molar-refractivity contribution is 0.100. The third kappa shape index (κ3) is 3.28. The second-order valence-corrected chi connectivity index (χ2v) is 6.83. The van der Waals surface area contributed by atoms with Gasteiger partial charge in [-0.2, -0.15) is 0 Å². The standard InChI is InChI=1S/C18H15F2N3O2S/c1-8-3-5-10(6-4-8)17(25)23-13-12-9(2)7-11(15(19)20)22-18(12)26-14(13)16(21)24/h3-7,15H,1-2H3,(H2,21,24)(H,23,25). The number of carbonyl (C=O) groups excluding carboxylic acids is 2. The van der Waals surface area contributed by atoms with Gasteiger partial charge >= 0.3 is 0 Å². The minimum atomic E-state index is -2.73. The number of rotatable bonds is 4. The number of benzene rings is 1. The van der Waals surface area contributed by atoms with Crippen LogP contribution in [0.25, 0.3) is 10.2 Å². The zero-order chi connectivity index (χ0) is 19.0. The number of hydrogen-bond donors (Lipinski definition) is 2. The van der Waals surface area contributed by atoms with Gasteiger partial charge in [-0.15, -0.1) is 11.3 Å². The lowest BCUT2D eigenvalue weighted by Gasteiger charge is -2.08. The molecule has 3 N–H and O–H groups in total. The fourth-order valence-electron chi connectivity index (χ4n) is 2.60. The van der Waals surface area contributed by atoms with Crippen LogP contribution in [-0.4, -0.2) is 16.8 Å². The average Bonchev–Trinajstić information content (AvgIpc) is 2.94. The molecule has 0 spiro atoms. The van der Waals surface area contributed by atoms with Crippen molar-refractivity contribution < 1.29 is 18.4 Å². The molecule has 0 radical (unpaired) electrons. The van der Waals surface area contributed by atoms with Gasteiger partial charge < -0.3 is 11.1 Å². The van der Waals surface area contributed by atoms with E-state index in [0.29, 0.717) is 16.5 Å². The number of fused-ring (bicyclic) bond motifs is 1. The first-order valence-corrected chi connectivity index (χ1v) is 8.49. The predicted molar refractivity (Wildman–Crippen MR) is 97.0 cm³/mol. The van der Waals surface area contributed by atoms with Gasteiger partial charge in [-0.1, -0.05) is 17.7 Å². The van der Waals surface area contributed by atoms with Crippen LogP contribution in [0.15, 0.2) is 30.3 Å². The zero-order valence-electron chi connectivity index (χ0n) is 14.0. The van der Waals surface area contributed by atoms with Crippen LogP contribution in [0.2, 0.25) is 0 Å². The molecule has 0 saturated carbocycles. The summed E-state index contributed by atoms with van der Waals surface area (Å²) in [6.45, 7) is 3.52. The number of amides is 2. The zero-order valence-corrected chi connectivity index (χ0v) is 14.8. The number of nitrogens with two attached hydrogens (primary N) is 1. The quantitative estimate of drug-likeness (QED) is 0.717. The lowest BCUT2D eigenvalue weighted by Crippen LogP contribution is -2.16. The van der Waals surface area contributed by atoms with Crippen LogP contribution >= 0.6 is 11.3 Å². The first kappa shape index (κ1) is 17.9. The smallest absolute Gasteiger partial charge is 0.280 e. The molecule has 1 aromatic carbocycles. The molecule has 2 amide bonds. The number of nitrogens with zero attached hydrogens (tertiary/aromatic N) is 1. The monoisotopic (exact) mass is 375 g/mol. The summed E-state index contributed by atoms with van der Waals surface area (Å²) >= 11 is 0.884.